The van der Waals surface area contributed by atoms with Crippen molar-refractivity contribution in [1.29, 1.82) is 0 Å². The highest BCUT2D eigenvalue weighted by molar-refractivity contribution is 5.27. The van der Waals surface area contributed by atoms with Gasteiger partial charge in [0.25, 0.3) is 0 Å². The van der Waals surface area contributed by atoms with Crippen molar-refractivity contribution in [1.82, 2.24) is 14.7 Å². The molecule has 0 saturated carbocycles. The van der Waals surface area contributed by atoms with Crippen LogP contribution in [0.4, 0.5) is 13.2 Å². The molecule has 1 aromatic rings. The first-order valence-electron chi connectivity index (χ1n) is 7.59. The van der Waals surface area contributed by atoms with Crippen LogP contribution >= 0.6 is 0 Å². The van der Waals surface area contributed by atoms with Crippen molar-refractivity contribution in [2.75, 3.05) is 26.2 Å². The summed E-state index contributed by atoms with van der Waals surface area (Å²) in [6, 6.07) is 0.958. The number of aryl methyl sites for hydroxylation is 1. The fourth-order valence-electron chi connectivity index (χ4n) is 2.99. The zero-order valence-corrected chi connectivity index (χ0v) is 12.6. The second kappa shape index (κ2) is 5.95. The third-order valence-electron chi connectivity index (χ3n) is 4.38. The summed E-state index contributed by atoms with van der Waals surface area (Å²) in [5.41, 5.74) is 1.81. The summed E-state index contributed by atoms with van der Waals surface area (Å²) in [5, 5.41) is 3.78. The predicted molar refractivity (Wildman–Crippen MR) is 75.6 cm³/mol. The number of aromatic nitrogens is 2. The second-order valence-electron chi connectivity index (χ2n) is 5.97. The highest BCUT2D eigenvalue weighted by Crippen LogP contribution is 2.32. The van der Waals surface area contributed by atoms with Crippen LogP contribution in [0.2, 0.25) is 0 Å². The second-order valence-corrected chi connectivity index (χ2v) is 5.97. The van der Waals surface area contributed by atoms with Crippen molar-refractivity contribution in [3.63, 3.8) is 0 Å². The molecule has 7 heteroatoms. The van der Waals surface area contributed by atoms with E-state index in [2.05, 4.69) is 10.00 Å². The van der Waals surface area contributed by atoms with E-state index >= 15 is 0 Å². The number of likely N-dealkylation sites (tertiary alicyclic amines) is 1. The van der Waals surface area contributed by atoms with Gasteiger partial charge in [-0.3, -0.25) is 9.58 Å². The average Bonchev–Trinajstić information content (AvgIpc) is 3.03. The molecule has 1 saturated heterocycles. The number of alkyl halides is 3. The quantitative estimate of drug-likeness (QED) is 0.783. The van der Waals surface area contributed by atoms with Crippen molar-refractivity contribution in [2.45, 2.75) is 31.9 Å². The number of halogens is 3. The van der Waals surface area contributed by atoms with E-state index in [0.717, 1.165) is 43.2 Å². The molecule has 2 heterocycles. The molecule has 22 heavy (non-hydrogen) atoms. The van der Waals surface area contributed by atoms with Gasteiger partial charge >= 0.3 is 6.18 Å². The molecule has 1 aromatic heterocycles. The molecule has 0 amide bonds. The summed E-state index contributed by atoms with van der Waals surface area (Å²) < 4.78 is 44.4. The Morgan fingerprint density at radius 1 is 1.18 bits per heavy atom. The fraction of sp³-hybridized carbons (Fsp3) is 0.667. The summed E-state index contributed by atoms with van der Waals surface area (Å²) in [5.74, 6) is 0.0368. The molecule has 0 atom stereocenters. The molecule has 0 N–H and O–H groups in total. The van der Waals surface area contributed by atoms with E-state index in [0.29, 0.717) is 6.61 Å². The molecule has 2 aliphatic rings. The van der Waals surface area contributed by atoms with E-state index in [1.165, 1.54) is 31.0 Å². The van der Waals surface area contributed by atoms with Crippen molar-refractivity contribution in [2.24, 2.45) is 7.05 Å². The SMILES string of the molecule is Cn1nc(OCC2=C(CN3CCCC3)CC2)cc1C(F)(F)F. The van der Waals surface area contributed by atoms with Gasteiger partial charge in [-0.25, -0.2) is 0 Å². The van der Waals surface area contributed by atoms with Gasteiger partial charge in [-0.1, -0.05) is 5.57 Å². The molecule has 1 aliphatic carbocycles. The van der Waals surface area contributed by atoms with Gasteiger partial charge in [0.1, 0.15) is 12.3 Å². The molecule has 1 fully saturated rings. The number of ether oxygens (including phenoxy) is 1. The van der Waals surface area contributed by atoms with Crippen LogP contribution in [0.1, 0.15) is 31.4 Å². The summed E-state index contributed by atoms with van der Waals surface area (Å²) in [6.45, 7) is 3.62. The minimum absolute atomic E-state index is 0.0368. The molecule has 4 nitrogen and oxygen atoms in total. The minimum atomic E-state index is -4.40. The molecule has 0 aromatic carbocycles. The monoisotopic (exact) mass is 315 g/mol. The van der Waals surface area contributed by atoms with Crippen LogP contribution in [0.5, 0.6) is 5.88 Å². The van der Waals surface area contributed by atoms with E-state index in [4.69, 9.17) is 4.74 Å². The zero-order valence-electron chi connectivity index (χ0n) is 12.6. The molecule has 122 valence electrons. The highest BCUT2D eigenvalue weighted by Gasteiger charge is 2.35. The number of rotatable bonds is 5. The minimum Gasteiger partial charge on any atom is -0.472 e. The Kier molecular flexibility index (Phi) is 4.16. The molecule has 1 aliphatic heterocycles. The standard InChI is InChI=1S/C15H20F3N3O/c1-20-13(15(16,17)18)8-14(19-20)22-10-12-5-4-11(12)9-21-6-2-3-7-21/h8H,2-7,9-10H2,1H3. The third-order valence-corrected chi connectivity index (χ3v) is 4.38. The molecule has 3 rings (SSSR count). The average molecular weight is 315 g/mol. The molecule has 0 bridgehead atoms. The van der Waals surface area contributed by atoms with Crippen LogP contribution in [0, 0.1) is 0 Å². The van der Waals surface area contributed by atoms with Gasteiger partial charge in [0.2, 0.25) is 5.88 Å². The van der Waals surface area contributed by atoms with Gasteiger partial charge < -0.3 is 4.74 Å². The van der Waals surface area contributed by atoms with Crippen LogP contribution in [-0.4, -0.2) is 40.9 Å². The van der Waals surface area contributed by atoms with Gasteiger partial charge in [0.05, 0.1) is 0 Å². The number of hydrogen-bond donors (Lipinski definition) is 0. The first-order valence-corrected chi connectivity index (χ1v) is 7.59. The third kappa shape index (κ3) is 3.29. The van der Waals surface area contributed by atoms with Crippen LogP contribution < -0.4 is 4.74 Å². The Bertz CT molecular complexity index is 571. The lowest BCUT2D eigenvalue weighted by molar-refractivity contribution is -0.143. The van der Waals surface area contributed by atoms with Gasteiger partial charge in [-0.15, -0.1) is 5.10 Å². The van der Waals surface area contributed by atoms with Crippen LogP contribution in [0.25, 0.3) is 0 Å². The molecule has 0 unspecified atom stereocenters. The van der Waals surface area contributed by atoms with Crippen molar-refractivity contribution in [3.8, 4) is 5.88 Å². The van der Waals surface area contributed by atoms with E-state index in [9.17, 15) is 13.2 Å². The fourth-order valence-corrected chi connectivity index (χ4v) is 2.99. The topological polar surface area (TPSA) is 30.3 Å². The van der Waals surface area contributed by atoms with Crippen LogP contribution in [0.15, 0.2) is 17.2 Å². The van der Waals surface area contributed by atoms with Gasteiger partial charge in [0.15, 0.2) is 0 Å². The summed E-state index contributed by atoms with van der Waals surface area (Å²) in [7, 11) is 1.27. The predicted octanol–water partition coefficient (Wildman–Crippen LogP) is 3.00. The Labute approximate surface area is 127 Å². The molecular formula is C15H20F3N3O. The molecule has 0 spiro atoms. The number of nitrogens with zero attached hydrogens (tertiary/aromatic N) is 3. The highest BCUT2D eigenvalue weighted by atomic mass is 19.4. The summed E-state index contributed by atoms with van der Waals surface area (Å²) >= 11 is 0. The Hall–Kier alpha value is -1.50. The maximum atomic E-state index is 12.7. The maximum Gasteiger partial charge on any atom is 0.433 e. The lowest BCUT2D eigenvalue weighted by Gasteiger charge is -2.27. The van der Waals surface area contributed by atoms with Crippen molar-refractivity contribution in [3.05, 3.63) is 22.9 Å². The van der Waals surface area contributed by atoms with E-state index in [1.807, 2.05) is 0 Å². The lowest BCUT2D eigenvalue weighted by atomic mass is 9.88. The van der Waals surface area contributed by atoms with E-state index in [-0.39, 0.29) is 5.88 Å². The lowest BCUT2D eigenvalue weighted by Crippen LogP contribution is -2.26. The summed E-state index contributed by atoms with van der Waals surface area (Å²) in [6.07, 6.45) is 0.161. The molecule has 0 radical (unpaired) electrons. The maximum absolute atomic E-state index is 12.7. The first kappa shape index (κ1) is 15.4. The first-order chi connectivity index (χ1) is 10.4. The molecular weight excluding hydrogens is 295 g/mol. The van der Waals surface area contributed by atoms with Crippen molar-refractivity contribution < 1.29 is 17.9 Å². The van der Waals surface area contributed by atoms with Crippen LogP contribution in [-0.2, 0) is 13.2 Å². The van der Waals surface area contributed by atoms with Gasteiger partial charge in [-0.2, -0.15) is 13.2 Å². The Morgan fingerprint density at radius 3 is 2.41 bits per heavy atom. The van der Waals surface area contributed by atoms with Gasteiger partial charge in [-0.05, 0) is 44.3 Å². The van der Waals surface area contributed by atoms with Crippen LogP contribution in [0.3, 0.4) is 0 Å². The van der Waals surface area contributed by atoms with Gasteiger partial charge in [0, 0.05) is 19.7 Å². The van der Waals surface area contributed by atoms with Crippen molar-refractivity contribution >= 4 is 0 Å². The Morgan fingerprint density at radius 2 is 1.86 bits per heavy atom. The normalized spacial score (nSPS) is 19.6. The smallest absolute Gasteiger partial charge is 0.433 e. The summed E-state index contributed by atoms with van der Waals surface area (Å²) in [4.78, 5) is 2.43. The Balaban J connectivity index is 1.58. The van der Waals surface area contributed by atoms with E-state index < -0.39 is 11.9 Å². The van der Waals surface area contributed by atoms with E-state index in [1.54, 1.807) is 0 Å². The number of hydrogen-bond acceptors (Lipinski definition) is 3. The largest absolute Gasteiger partial charge is 0.472 e. The zero-order chi connectivity index (χ0) is 15.7.